The standard InChI is InChI=1S/C19H13ClF2N4O4/c20-12-3-8(21)4-13(22)16(12)26-7-11(18(23)30)17(29)10-1-2-14(24-19(10)26)25-6-9(27)5-15(25)28/h1-4,7,9,27H,5-6H2,(H2,23,30)/t9-/m0/s1. The number of primary amides is 1. The molecule has 2 amide bonds. The van der Waals surface area contributed by atoms with E-state index in [4.69, 9.17) is 17.3 Å². The Bertz CT molecular complexity index is 1270. The summed E-state index contributed by atoms with van der Waals surface area (Å²) in [7, 11) is 0. The highest BCUT2D eigenvalue weighted by Gasteiger charge is 2.30. The third-order valence-corrected chi connectivity index (χ3v) is 4.99. The van der Waals surface area contributed by atoms with Crippen LogP contribution in [0.3, 0.4) is 0 Å². The van der Waals surface area contributed by atoms with Gasteiger partial charge >= 0.3 is 0 Å². The molecule has 3 N–H and O–H groups in total. The number of rotatable bonds is 3. The number of halogens is 3. The van der Waals surface area contributed by atoms with Crippen molar-refractivity contribution in [1.29, 1.82) is 0 Å². The number of pyridine rings is 2. The molecule has 1 aliphatic heterocycles. The van der Waals surface area contributed by atoms with Gasteiger partial charge in [0.25, 0.3) is 5.91 Å². The van der Waals surface area contributed by atoms with E-state index in [0.717, 1.165) is 16.8 Å². The predicted molar refractivity (Wildman–Crippen MR) is 104 cm³/mol. The Hall–Kier alpha value is -3.37. The van der Waals surface area contributed by atoms with E-state index in [1.165, 1.54) is 17.0 Å². The summed E-state index contributed by atoms with van der Waals surface area (Å²) in [6.07, 6.45) is -0.00327. The fraction of sp³-hybridized carbons (Fsp3) is 0.158. The number of nitrogens with zero attached hydrogens (tertiary/aromatic N) is 3. The van der Waals surface area contributed by atoms with Crippen molar-refractivity contribution >= 4 is 40.3 Å². The Labute approximate surface area is 172 Å². The molecule has 1 atom stereocenters. The van der Waals surface area contributed by atoms with E-state index in [1.807, 2.05) is 0 Å². The Kier molecular flexibility index (Phi) is 4.75. The molecule has 1 aliphatic rings. The Morgan fingerprint density at radius 2 is 2.00 bits per heavy atom. The number of carbonyl (C=O) groups excluding carboxylic acids is 2. The lowest BCUT2D eigenvalue weighted by molar-refractivity contribution is -0.117. The van der Waals surface area contributed by atoms with Gasteiger partial charge in [0.1, 0.15) is 22.9 Å². The van der Waals surface area contributed by atoms with Gasteiger partial charge in [-0.3, -0.25) is 23.9 Å². The summed E-state index contributed by atoms with van der Waals surface area (Å²) < 4.78 is 29.1. The van der Waals surface area contributed by atoms with Gasteiger partial charge in [0.2, 0.25) is 11.3 Å². The lowest BCUT2D eigenvalue weighted by Crippen LogP contribution is -2.28. The summed E-state index contributed by atoms with van der Waals surface area (Å²) in [5.41, 5.74) is 3.58. The van der Waals surface area contributed by atoms with E-state index < -0.39 is 34.6 Å². The molecule has 0 radical (unpaired) electrons. The average Bonchev–Trinajstić information content (AvgIpc) is 3.00. The number of fused-ring (bicyclic) bond motifs is 1. The third-order valence-electron chi connectivity index (χ3n) is 4.71. The van der Waals surface area contributed by atoms with E-state index in [0.29, 0.717) is 6.07 Å². The van der Waals surface area contributed by atoms with Gasteiger partial charge in [-0.05, 0) is 18.2 Å². The normalized spacial score (nSPS) is 16.5. The maximum Gasteiger partial charge on any atom is 0.254 e. The molecular formula is C19H13ClF2N4O4. The van der Waals surface area contributed by atoms with Gasteiger partial charge in [0.05, 0.1) is 29.5 Å². The number of hydrogen-bond acceptors (Lipinski definition) is 5. The van der Waals surface area contributed by atoms with E-state index in [2.05, 4.69) is 4.98 Å². The van der Waals surface area contributed by atoms with Gasteiger partial charge < -0.3 is 10.8 Å². The number of benzene rings is 1. The number of aromatic nitrogens is 2. The number of aliphatic hydroxyl groups excluding tert-OH is 1. The quantitative estimate of drug-likeness (QED) is 0.647. The van der Waals surface area contributed by atoms with Gasteiger partial charge in [-0.1, -0.05) is 11.6 Å². The summed E-state index contributed by atoms with van der Waals surface area (Å²) in [6, 6.07) is 4.10. The third kappa shape index (κ3) is 3.19. The molecule has 0 bridgehead atoms. The second kappa shape index (κ2) is 7.15. The molecule has 154 valence electrons. The smallest absolute Gasteiger partial charge is 0.254 e. The van der Waals surface area contributed by atoms with E-state index in [-0.39, 0.29) is 46.4 Å². The van der Waals surface area contributed by atoms with Crippen LogP contribution in [0, 0.1) is 11.6 Å². The second-order valence-electron chi connectivity index (χ2n) is 6.73. The molecule has 0 aliphatic carbocycles. The monoisotopic (exact) mass is 434 g/mol. The van der Waals surface area contributed by atoms with Crippen LogP contribution in [0.5, 0.6) is 0 Å². The molecular weight excluding hydrogens is 422 g/mol. The molecule has 1 fully saturated rings. The van der Waals surface area contributed by atoms with Crippen LogP contribution in [0.4, 0.5) is 14.6 Å². The number of nitrogens with two attached hydrogens (primary N) is 1. The minimum Gasteiger partial charge on any atom is -0.391 e. The van der Waals surface area contributed by atoms with Crippen LogP contribution >= 0.6 is 11.6 Å². The predicted octanol–water partition coefficient (Wildman–Crippen LogP) is 1.51. The number of carbonyl (C=O) groups is 2. The van der Waals surface area contributed by atoms with Crippen molar-refractivity contribution < 1.29 is 23.5 Å². The highest BCUT2D eigenvalue weighted by Crippen LogP contribution is 2.29. The van der Waals surface area contributed by atoms with Crippen molar-refractivity contribution in [1.82, 2.24) is 9.55 Å². The van der Waals surface area contributed by atoms with Gasteiger partial charge in [-0.15, -0.1) is 0 Å². The zero-order chi connectivity index (χ0) is 21.7. The molecule has 1 aromatic carbocycles. The van der Waals surface area contributed by atoms with Gasteiger partial charge in [0.15, 0.2) is 11.5 Å². The summed E-state index contributed by atoms with van der Waals surface area (Å²) in [5, 5.41) is 9.28. The molecule has 1 saturated heterocycles. The maximum absolute atomic E-state index is 14.6. The van der Waals surface area contributed by atoms with Crippen molar-refractivity contribution in [3.63, 3.8) is 0 Å². The first-order valence-electron chi connectivity index (χ1n) is 8.67. The molecule has 8 nitrogen and oxygen atoms in total. The molecule has 30 heavy (non-hydrogen) atoms. The van der Waals surface area contributed by atoms with Crippen LogP contribution < -0.4 is 16.1 Å². The number of anilines is 1. The lowest BCUT2D eigenvalue weighted by atomic mass is 10.1. The van der Waals surface area contributed by atoms with Crippen molar-refractivity contribution in [2.24, 2.45) is 5.73 Å². The Balaban J connectivity index is 2.06. The van der Waals surface area contributed by atoms with Gasteiger partial charge in [0, 0.05) is 12.3 Å². The first-order chi connectivity index (χ1) is 14.2. The molecule has 3 aromatic rings. The van der Waals surface area contributed by atoms with Crippen molar-refractivity contribution in [2.75, 3.05) is 11.4 Å². The van der Waals surface area contributed by atoms with Crippen LogP contribution in [0.2, 0.25) is 5.02 Å². The van der Waals surface area contributed by atoms with Gasteiger partial charge in [-0.25, -0.2) is 13.8 Å². The van der Waals surface area contributed by atoms with E-state index in [9.17, 15) is 28.3 Å². The summed E-state index contributed by atoms with van der Waals surface area (Å²) in [5.74, 6) is -3.34. The van der Waals surface area contributed by atoms with Crippen LogP contribution in [-0.4, -0.2) is 39.1 Å². The number of aliphatic hydroxyl groups is 1. The maximum atomic E-state index is 14.6. The minimum atomic E-state index is -1.07. The van der Waals surface area contributed by atoms with Crippen molar-refractivity contribution in [2.45, 2.75) is 12.5 Å². The molecule has 0 unspecified atom stereocenters. The van der Waals surface area contributed by atoms with Gasteiger partial charge in [-0.2, -0.15) is 0 Å². The largest absolute Gasteiger partial charge is 0.391 e. The summed E-state index contributed by atoms with van der Waals surface area (Å²) in [6.45, 7) is -0.00733. The lowest BCUT2D eigenvalue weighted by Gasteiger charge is -2.18. The average molecular weight is 435 g/mol. The van der Waals surface area contributed by atoms with Crippen LogP contribution in [0.25, 0.3) is 16.7 Å². The molecule has 3 heterocycles. The fourth-order valence-electron chi connectivity index (χ4n) is 3.36. The van der Waals surface area contributed by atoms with E-state index >= 15 is 0 Å². The first-order valence-corrected chi connectivity index (χ1v) is 9.04. The topological polar surface area (TPSA) is 119 Å². The molecule has 4 rings (SSSR count). The SMILES string of the molecule is NC(=O)c1cn(-c2c(F)cc(F)cc2Cl)c2nc(N3C[C@@H](O)CC3=O)ccc2c1=O. The van der Waals surface area contributed by atoms with Crippen molar-refractivity contribution in [3.8, 4) is 5.69 Å². The molecule has 2 aromatic heterocycles. The van der Waals surface area contributed by atoms with E-state index in [1.54, 1.807) is 0 Å². The van der Waals surface area contributed by atoms with Crippen molar-refractivity contribution in [3.05, 3.63) is 62.9 Å². The van der Waals surface area contributed by atoms with Crippen LogP contribution in [0.1, 0.15) is 16.8 Å². The van der Waals surface area contributed by atoms with Crippen LogP contribution in [-0.2, 0) is 4.79 Å². The zero-order valence-corrected chi connectivity index (χ0v) is 15.9. The Morgan fingerprint density at radius 3 is 2.60 bits per heavy atom. The molecule has 0 saturated carbocycles. The molecule has 0 spiro atoms. The molecule has 11 heteroatoms. The number of amides is 2. The highest BCUT2D eigenvalue weighted by atomic mass is 35.5. The minimum absolute atomic E-state index is 0.00733. The fourth-order valence-corrected chi connectivity index (χ4v) is 3.65. The summed E-state index contributed by atoms with van der Waals surface area (Å²) in [4.78, 5) is 42.0. The summed E-state index contributed by atoms with van der Waals surface area (Å²) >= 11 is 6.03. The number of hydrogen-bond donors (Lipinski definition) is 2. The highest BCUT2D eigenvalue weighted by molar-refractivity contribution is 6.32. The number of β-amino-alcohol motifs (C(OH)–C–C–N with tert-alkyl or cyclic N) is 1. The zero-order valence-electron chi connectivity index (χ0n) is 15.1. The first kappa shape index (κ1) is 19.9. The second-order valence-corrected chi connectivity index (χ2v) is 7.13. The Morgan fingerprint density at radius 1 is 1.27 bits per heavy atom. The van der Waals surface area contributed by atoms with Crippen LogP contribution in [0.15, 0.2) is 35.3 Å².